The highest BCUT2D eigenvalue weighted by atomic mass is 32.1. The summed E-state index contributed by atoms with van der Waals surface area (Å²) < 4.78 is 5.39. The molecule has 0 spiro atoms. The maximum atomic E-state index is 11.9. The van der Waals surface area contributed by atoms with Gasteiger partial charge in [0.2, 0.25) is 0 Å². The molecule has 1 amide bonds. The third-order valence-electron chi connectivity index (χ3n) is 4.03. The maximum Gasteiger partial charge on any atom is 0.263 e. The summed E-state index contributed by atoms with van der Waals surface area (Å²) in [5, 5.41) is 13.2. The van der Waals surface area contributed by atoms with Gasteiger partial charge in [0, 0.05) is 20.1 Å². The Morgan fingerprint density at radius 3 is 2.62 bits per heavy atom. The van der Waals surface area contributed by atoms with E-state index in [0.29, 0.717) is 22.2 Å². The third-order valence-corrected chi connectivity index (χ3v) is 5.28. The monoisotopic (exact) mass is 313 g/mol. The summed E-state index contributed by atoms with van der Waals surface area (Å²) in [6.07, 6.45) is 1.57. The van der Waals surface area contributed by atoms with Crippen molar-refractivity contribution in [1.82, 2.24) is 5.32 Å². The number of hydrogen-bond acceptors (Lipinski definition) is 6. The van der Waals surface area contributed by atoms with Crippen molar-refractivity contribution < 1.29 is 14.6 Å². The number of nitrogen functional groups attached to an aromatic ring is 1. The lowest BCUT2D eigenvalue weighted by atomic mass is 9.92. The maximum absolute atomic E-state index is 11.9. The van der Waals surface area contributed by atoms with Gasteiger partial charge >= 0.3 is 0 Å². The zero-order valence-corrected chi connectivity index (χ0v) is 13.5. The number of amides is 1. The van der Waals surface area contributed by atoms with Gasteiger partial charge in [-0.3, -0.25) is 4.79 Å². The molecule has 1 aliphatic heterocycles. The van der Waals surface area contributed by atoms with E-state index in [9.17, 15) is 9.90 Å². The number of nitrogens with two attached hydrogens (primary N) is 1. The standard InChI is InChI=1S/C14H23N3O3S/c1-8(18)9-4-6-17(7-5-9)14-11(20-3)10(15)12(21-14)13(19)16-2/h8-9,18H,4-7,15H2,1-3H3,(H,16,19). The highest BCUT2D eigenvalue weighted by molar-refractivity contribution is 7.19. The molecule has 0 aromatic carbocycles. The van der Waals surface area contributed by atoms with Crippen LogP contribution in [0.25, 0.3) is 0 Å². The van der Waals surface area contributed by atoms with Gasteiger partial charge in [-0.25, -0.2) is 0 Å². The minimum absolute atomic E-state index is 0.194. The number of thiophene rings is 1. The third kappa shape index (κ3) is 3.08. The number of nitrogens with zero attached hydrogens (tertiary/aromatic N) is 1. The average Bonchev–Trinajstić information content (AvgIpc) is 2.83. The fourth-order valence-corrected chi connectivity index (χ4v) is 3.88. The van der Waals surface area contributed by atoms with Crippen molar-refractivity contribution in [3.63, 3.8) is 0 Å². The number of hydrogen-bond donors (Lipinski definition) is 3. The van der Waals surface area contributed by atoms with Gasteiger partial charge in [-0.15, -0.1) is 11.3 Å². The Bertz CT molecular complexity index is 508. The molecule has 4 N–H and O–H groups in total. The molecule has 1 atom stereocenters. The summed E-state index contributed by atoms with van der Waals surface area (Å²) in [6, 6.07) is 0. The van der Waals surface area contributed by atoms with Crippen molar-refractivity contribution in [1.29, 1.82) is 0 Å². The second-order valence-corrected chi connectivity index (χ2v) is 6.33. The number of carbonyl (C=O) groups excluding carboxylic acids is 1. The van der Waals surface area contributed by atoms with Gasteiger partial charge in [-0.05, 0) is 25.7 Å². The molecule has 2 rings (SSSR count). The van der Waals surface area contributed by atoms with Gasteiger partial charge in [0.05, 0.1) is 13.2 Å². The van der Waals surface area contributed by atoms with E-state index in [2.05, 4.69) is 10.2 Å². The van der Waals surface area contributed by atoms with Gasteiger partial charge in [0.1, 0.15) is 15.6 Å². The molecule has 0 saturated carbocycles. The number of piperidine rings is 1. The Labute approximate surface area is 128 Å². The van der Waals surface area contributed by atoms with Crippen molar-refractivity contribution >= 4 is 27.9 Å². The van der Waals surface area contributed by atoms with E-state index in [-0.39, 0.29) is 12.0 Å². The minimum atomic E-state index is -0.274. The van der Waals surface area contributed by atoms with Crippen LogP contribution in [0.15, 0.2) is 0 Å². The number of anilines is 2. The molecule has 1 unspecified atom stereocenters. The molecule has 1 aromatic heterocycles. The topological polar surface area (TPSA) is 87.8 Å². The van der Waals surface area contributed by atoms with Crippen molar-refractivity contribution in [2.75, 3.05) is 37.9 Å². The zero-order chi connectivity index (χ0) is 15.6. The lowest BCUT2D eigenvalue weighted by Gasteiger charge is -2.34. The molecule has 0 aliphatic carbocycles. The summed E-state index contributed by atoms with van der Waals surface area (Å²) in [5.41, 5.74) is 6.43. The van der Waals surface area contributed by atoms with Crippen molar-refractivity contribution in [3.05, 3.63) is 4.88 Å². The van der Waals surface area contributed by atoms with E-state index < -0.39 is 0 Å². The minimum Gasteiger partial charge on any atom is -0.492 e. The Hall–Kier alpha value is -1.47. The molecule has 0 bridgehead atoms. The van der Waals surface area contributed by atoms with E-state index in [4.69, 9.17) is 10.5 Å². The van der Waals surface area contributed by atoms with Gasteiger partial charge in [0.25, 0.3) is 5.91 Å². The first-order valence-corrected chi connectivity index (χ1v) is 7.92. The Balaban J connectivity index is 2.22. The van der Waals surface area contributed by atoms with Gasteiger partial charge in [-0.2, -0.15) is 0 Å². The lowest BCUT2D eigenvalue weighted by Crippen LogP contribution is -2.36. The normalized spacial score (nSPS) is 17.6. The first-order valence-electron chi connectivity index (χ1n) is 7.10. The van der Waals surface area contributed by atoms with Gasteiger partial charge in [0.15, 0.2) is 5.75 Å². The van der Waals surface area contributed by atoms with Crippen molar-refractivity contribution in [3.8, 4) is 5.75 Å². The number of carbonyl (C=O) groups is 1. The number of ether oxygens (including phenoxy) is 1. The van der Waals surface area contributed by atoms with Crippen LogP contribution in [0, 0.1) is 5.92 Å². The quantitative estimate of drug-likeness (QED) is 0.780. The Kier molecular flexibility index (Phi) is 4.95. The van der Waals surface area contributed by atoms with Crippen LogP contribution in [0.2, 0.25) is 0 Å². The fraction of sp³-hybridized carbons (Fsp3) is 0.643. The number of aliphatic hydroxyl groups is 1. The summed E-state index contributed by atoms with van der Waals surface area (Å²) in [6.45, 7) is 3.51. The van der Waals surface area contributed by atoms with Gasteiger partial charge < -0.3 is 25.8 Å². The van der Waals surface area contributed by atoms with Crippen LogP contribution >= 0.6 is 11.3 Å². The largest absolute Gasteiger partial charge is 0.492 e. The zero-order valence-electron chi connectivity index (χ0n) is 12.7. The second kappa shape index (κ2) is 6.53. The molecule has 118 valence electrons. The molecule has 21 heavy (non-hydrogen) atoms. The molecular weight excluding hydrogens is 290 g/mol. The highest BCUT2D eigenvalue weighted by Gasteiger charge is 2.29. The summed E-state index contributed by atoms with van der Waals surface area (Å²) >= 11 is 1.36. The molecular formula is C14H23N3O3S. The van der Waals surface area contributed by atoms with Crippen LogP contribution < -0.4 is 20.7 Å². The summed E-state index contributed by atoms with van der Waals surface area (Å²) in [7, 11) is 3.15. The molecule has 0 radical (unpaired) electrons. The molecule has 1 aliphatic rings. The summed E-state index contributed by atoms with van der Waals surface area (Å²) in [4.78, 5) is 14.5. The first-order chi connectivity index (χ1) is 9.99. The van der Waals surface area contributed by atoms with E-state index in [0.717, 1.165) is 30.9 Å². The van der Waals surface area contributed by atoms with Crippen LogP contribution in [0.1, 0.15) is 29.4 Å². The summed E-state index contributed by atoms with van der Waals surface area (Å²) in [5.74, 6) is 0.720. The molecule has 1 saturated heterocycles. The first kappa shape index (κ1) is 15.9. The Morgan fingerprint density at radius 1 is 1.52 bits per heavy atom. The van der Waals surface area contributed by atoms with E-state index >= 15 is 0 Å². The smallest absolute Gasteiger partial charge is 0.263 e. The lowest BCUT2D eigenvalue weighted by molar-refractivity contribution is 0.0967. The fourth-order valence-electron chi connectivity index (χ4n) is 2.69. The molecule has 7 heteroatoms. The average molecular weight is 313 g/mol. The highest BCUT2D eigenvalue weighted by Crippen LogP contribution is 2.45. The van der Waals surface area contributed by atoms with Crippen LogP contribution in [0.5, 0.6) is 5.75 Å². The number of nitrogens with one attached hydrogen (secondary N) is 1. The number of rotatable bonds is 4. The van der Waals surface area contributed by atoms with Crippen LogP contribution in [-0.2, 0) is 0 Å². The predicted molar refractivity (Wildman–Crippen MR) is 85.3 cm³/mol. The van der Waals surface area contributed by atoms with Crippen LogP contribution in [-0.4, -0.2) is 44.4 Å². The SMILES string of the molecule is CNC(=O)c1sc(N2CCC(C(C)O)CC2)c(OC)c1N. The number of methoxy groups -OCH3 is 1. The van der Waals surface area contributed by atoms with Crippen molar-refractivity contribution in [2.24, 2.45) is 5.92 Å². The van der Waals surface area contributed by atoms with E-state index in [1.54, 1.807) is 14.2 Å². The molecule has 1 fully saturated rings. The second-order valence-electron chi connectivity index (χ2n) is 5.33. The molecule has 2 heterocycles. The van der Waals surface area contributed by atoms with Crippen LogP contribution in [0.3, 0.4) is 0 Å². The van der Waals surface area contributed by atoms with E-state index in [1.165, 1.54) is 11.3 Å². The van der Waals surface area contributed by atoms with Crippen molar-refractivity contribution in [2.45, 2.75) is 25.9 Å². The number of aliphatic hydroxyl groups excluding tert-OH is 1. The van der Waals surface area contributed by atoms with Crippen LogP contribution in [0.4, 0.5) is 10.7 Å². The molecule has 6 nitrogen and oxygen atoms in total. The van der Waals surface area contributed by atoms with E-state index in [1.807, 2.05) is 6.92 Å². The molecule has 1 aromatic rings. The Morgan fingerprint density at radius 2 is 2.14 bits per heavy atom. The predicted octanol–water partition coefficient (Wildman–Crippen LogP) is 1.30. The van der Waals surface area contributed by atoms with Gasteiger partial charge in [-0.1, -0.05) is 0 Å².